The number of aryl methyl sites for hydroxylation is 2. The van der Waals surface area contributed by atoms with Crippen LogP contribution in [0.15, 0.2) is 24.4 Å². The van der Waals surface area contributed by atoms with Crippen molar-refractivity contribution in [2.24, 2.45) is 0 Å². The van der Waals surface area contributed by atoms with Crippen LogP contribution in [0, 0.1) is 13.8 Å². The van der Waals surface area contributed by atoms with Gasteiger partial charge in [-0.3, -0.25) is 4.79 Å². The molecule has 2 heterocycles. The number of rotatable bonds is 3. The Kier molecular flexibility index (Phi) is 4.14. The van der Waals surface area contributed by atoms with E-state index in [1.165, 1.54) is 0 Å². The minimum absolute atomic E-state index is 0.0795. The van der Waals surface area contributed by atoms with E-state index < -0.39 is 0 Å². The van der Waals surface area contributed by atoms with Gasteiger partial charge in [0, 0.05) is 12.3 Å². The van der Waals surface area contributed by atoms with E-state index in [-0.39, 0.29) is 11.9 Å². The summed E-state index contributed by atoms with van der Waals surface area (Å²) in [7, 11) is 1.62. The first-order valence-corrected chi connectivity index (χ1v) is 7.47. The van der Waals surface area contributed by atoms with Gasteiger partial charge in [-0.15, -0.1) is 0 Å². The van der Waals surface area contributed by atoms with E-state index in [9.17, 15) is 4.79 Å². The number of carbonyl (C=O) groups excluding carboxylic acids is 1. The lowest BCUT2D eigenvalue weighted by molar-refractivity contribution is 0.0913. The lowest BCUT2D eigenvalue weighted by Crippen LogP contribution is -2.43. The molecular weight excluding hydrogens is 294 g/mol. The van der Waals surface area contributed by atoms with Crippen LogP contribution in [-0.2, 0) is 6.42 Å². The number of carbonyl (C=O) groups is 1. The molecule has 0 saturated carbocycles. The number of amides is 1. The predicted octanol–water partition coefficient (Wildman–Crippen LogP) is 1.84. The first kappa shape index (κ1) is 15.3. The summed E-state index contributed by atoms with van der Waals surface area (Å²) >= 11 is 0. The molecule has 6 nitrogen and oxygen atoms in total. The van der Waals surface area contributed by atoms with Crippen molar-refractivity contribution in [2.45, 2.75) is 26.3 Å². The summed E-state index contributed by atoms with van der Waals surface area (Å²) in [6, 6.07) is 5.65. The molecule has 3 rings (SSSR count). The highest BCUT2D eigenvalue weighted by Gasteiger charge is 2.23. The summed E-state index contributed by atoms with van der Waals surface area (Å²) in [5, 5.41) is 2.99. The lowest BCUT2D eigenvalue weighted by atomic mass is 10.0. The zero-order chi connectivity index (χ0) is 16.4. The van der Waals surface area contributed by atoms with Crippen LogP contribution in [0.3, 0.4) is 0 Å². The first-order chi connectivity index (χ1) is 11.1. The van der Waals surface area contributed by atoms with E-state index in [1.54, 1.807) is 20.2 Å². The highest BCUT2D eigenvalue weighted by molar-refractivity contribution is 5.95. The zero-order valence-electron chi connectivity index (χ0n) is 13.4. The molecule has 1 aliphatic heterocycles. The van der Waals surface area contributed by atoms with Crippen LogP contribution in [0.25, 0.3) is 0 Å². The molecule has 0 radical (unpaired) electrons. The van der Waals surface area contributed by atoms with Crippen molar-refractivity contribution >= 4 is 5.91 Å². The fourth-order valence-corrected chi connectivity index (χ4v) is 2.64. The minimum atomic E-state index is -0.173. The average molecular weight is 313 g/mol. The fraction of sp³-hybridized carbons (Fsp3) is 0.353. The monoisotopic (exact) mass is 313 g/mol. The Morgan fingerprint density at radius 3 is 2.96 bits per heavy atom. The van der Waals surface area contributed by atoms with E-state index in [1.807, 2.05) is 25.1 Å². The van der Waals surface area contributed by atoms with Gasteiger partial charge < -0.3 is 14.8 Å². The number of nitrogens with one attached hydrogen (secondary N) is 1. The van der Waals surface area contributed by atoms with Gasteiger partial charge in [-0.2, -0.15) is 0 Å². The summed E-state index contributed by atoms with van der Waals surface area (Å²) in [4.78, 5) is 20.7. The van der Waals surface area contributed by atoms with E-state index in [0.717, 1.165) is 23.5 Å². The molecule has 0 aliphatic carbocycles. The molecule has 1 N–H and O–H groups in total. The van der Waals surface area contributed by atoms with E-state index in [2.05, 4.69) is 15.3 Å². The number of hydrogen-bond donors (Lipinski definition) is 1. The van der Waals surface area contributed by atoms with E-state index in [0.29, 0.717) is 23.7 Å². The van der Waals surface area contributed by atoms with Gasteiger partial charge in [0.25, 0.3) is 5.91 Å². The molecule has 1 amide bonds. The molecule has 1 unspecified atom stereocenters. The Hall–Kier alpha value is -2.63. The molecule has 6 heteroatoms. The van der Waals surface area contributed by atoms with Crippen LogP contribution in [0.1, 0.15) is 27.4 Å². The summed E-state index contributed by atoms with van der Waals surface area (Å²) in [5.41, 5.74) is 2.23. The number of benzene rings is 1. The lowest BCUT2D eigenvalue weighted by Gasteiger charge is -2.26. The molecular formula is C17H19N3O3. The van der Waals surface area contributed by atoms with Gasteiger partial charge >= 0.3 is 0 Å². The van der Waals surface area contributed by atoms with Crippen molar-refractivity contribution in [1.29, 1.82) is 0 Å². The standard InChI is InChI=1S/C17H19N3O3/c1-10-15(8-18-11(2)19-10)17(21)20-13-6-12-4-5-14(22-3)7-16(12)23-9-13/h4-5,7-8,13H,6,9H2,1-3H3,(H,20,21). The molecule has 23 heavy (non-hydrogen) atoms. The molecule has 1 aromatic carbocycles. The second kappa shape index (κ2) is 6.24. The average Bonchev–Trinajstić information content (AvgIpc) is 2.54. The third-order valence-corrected chi connectivity index (χ3v) is 3.86. The van der Waals surface area contributed by atoms with Gasteiger partial charge in [-0.1, -0.05) is 6.07 Å². The Bertz CT molecular complexity index is 746. The molecule has 0 bridgehead atoms. The first-order valence-electron chi connectivity index (χ1n) is 7.47. The molecule has 0 saturated heterocycles. The van der Waals surface area contributed by atoms with Gasteiger partial charge in [-0.25, -0.2) is 9.97 Å². The van der Waals surface area contributed by atoms with Crippen molar-refractivity contribution in [3.05, 3.63) is 47.0 Å². The SMILES string of the molecule is COc1ccc2c(c1)OCC(NC(=O)c1cnc(C)nc1C)C2. The second-order valence-corrected chi connectivity index (χ2v) is 5.58. The van der Waals surface area contributed by atoms with Gasteiger partial charge in [0.15, 0.2) is 0 Å². The summed E-state index contributed by atoms with van der Waals surface area (Å²) < 4.78 is 10.9. The Morgan fingerprint density at radius 1 is 1.39 bits per heavy atom. The van der Waals surface area contributed by atoms with Crippen LogP contribution in [0.5, 0.6) is 11.5 Å². The Labute approximate surface area is 134 Å². The molecule has 2 aromatic rings. The van der Waals surface area contributed by atoms with Crippen molar-refractivity contribution in [3.63, 3.8) is 0 Å². The molecule has 0 spiro atoms. The zero-order valence-corrected chi connectivity index (χ0v) is 13.4. The third kappa shape index (κ3) is 3.26. The number of hydrogen-bond acceptors (Lipinski definition) is 5. The van der Waals surface area contributed by atoms with Crippen LogP contribution in [-0.4, -0.2) is 35.6 Å². The van der Waals surface area contributed by atoms with Gasteiger partial charge in [0.05, 0.1) is 24.4 Å². The van der Waals surface area contributed by atoms with Crippen LogP contribution in [0.4, 0.5) is 0 Å². The number of aromatic nitrogens is 2. The van der Waals surface area contributed by atoms with Gasteiger partial charge in [0.2, 0.25) is 0 Å². The van der Waals surface area contributed by atoms with Gasteiger partial charge in [0.1, 0.15) is 23.9 Å². The fourth-order valence-electron chi connectivity index (χ4n) is 2.64. The maximum absolute atomic E-state index is 12.4. The van der Waals surface area contributed by atoms with Crippen molar-refractivity contribution < 1.29 is 14.3 Å². The molecule has 1 aromatic heterocycles. The van der Waals surface area contributed by atoms with Crippen molar-refractivity contribution in [3.8, 4) is 11.5 Å². The number of methoxy groups -OCH3 is 1. The van der Waals surface area contributed by atoms with Gasteiger partial charge in [-0.05, 0) is 31.9 Å². The third-order valence-electron chi connectivity index (χ3n) is 3.86. The molecule has 1 aliphatic rings. The van der Waals surface area contributed by atoms with Crippen LogP contribution >= 0.6 is 0 Å². The minimum Gasteiger partial charge on any atom is -0.497 e. The Morgan fingerprint density at radius 2 is 2.22 bits per heavy atom. The predicted molar refractivity (Wildman–Crippen MR) is 85.0 cm³/mol. The van der Waals surface area contributed by atoms with Crippen molar-refractivity contribution in [2.75, 3.05) is 13.7 Å². The largest absolute Gasteiger partial charge is 0.497 e. The number of fused-ring (bicyclic) bond motifs is 1. The summed E-state index contributed by atoms with van der Waals surface area (Å²) in [6.07, 6.45) is 2.28. The quantitative estimate of drug-likeness (QED) is 0.936. The normalized spacial score (nSPS) is 16.2. The molecule has 120 valence electrons. The number of nitrogens with zero attached hydrogens (tertiary/aromatic N) is 2. The van der Waals surface area contributed by atoms with Crippen LogP contribution in [0.2, 0.25) is 0 Å². The van der Waals surface area contributed by atoms with Crippen molar-refractivity contribution in [1.82, 2.24) is 15.3 Å². The smallest absolute Gasteiger partial charge is 0.255 e. The van der Waals surface area contributed by atoms with E-state index in [4.69, 9.17) is 9.47 Å². The maximum atomic E-state index is 12.4. The summed E-state index contributed by atoms with van der Waals surface area (Å²) in [5.74, 6) is 2.05. The maximum Gasteiger partial charge on any atom is 0.255 e. The molecule has 1 atom stereocenters. The van der Waals surface area contributed by atoms with E-state index >= 15 is 0 Å². The number of ether oxygens (including phenoxy) is 2. The molecule has 0 fully saturated rings. The highest BCUT2D eigenvalue weighted by atomic mass is 16.5. The van der Waals surface area contributed by atoms with Crippen LogP contribution < -0.4 is 14.8 Å². The second-order valence-electron chi connectivity index (χ2n) is 5.58. The topological polar surface area (TPSA) is 73.3 Å². The highest BCUT2D eigenvalue weighted by Crippen LogP contribution is 2.29. The summed E-state index contributed by atoms with van der Waals surface area (Å²) in [6.45, 7) is 4.04. The Balaban J connectivity index is 1.70.